The number of para-hydroxylation sites is 1. The molecule has 0 saturated heterocycles. The molecule has 0 aliphatic carbocycles. The van der Waals surface area contributed by atoms with Crippen LogP contribution in [0, 0.1) is 0 Å². The average Bonchev–Trinajstić information content (AvgIpc) is 2.58. The first-order chi connectivity index (χ1) is 8.31. The van der Waals surface area contributed by atoms with Crippen molar-refractivity contribution in [2.75, 3.05) is 39.2 Å². The van der Waals surface area contributed by atoms with Crippen LogP contribution in [0.4, 0.5) is 5.69 Å². The van der Waals surface area contributed by atoms with Crippen molar-refractivity contribution < 1.29 is 4.74 Å². The Balaban J connectivity index is 1.94. The van der Waals surface area contributed by atoms with Gasteiger partial charge in [0.2, 0.25) is 0 Å². The molecule has 0 radical (unpaired) electrons. The maximum absolute atomic E-state index is 5.13. The van der Waals surface area contributed by atoms with Crippen molar-refractivity contribution in [1.29, 1.82) is 0 Å². The van der Waals surface area contributed by atoms with Gasteiger partial charge in [-0.25, -0.2) is 0 Å². The Morgan fingerprint density at radius 3 is 3.06 bits per heavy atom. The Hall–Kier alpha value is -1.06. The molecular formula is C14H22N2O. The summed E-state index contributed by atoms with van der Waals surface area (Å²) in [4.78, 5) is 2.39. The third-order valence-corrected chi connectivity index (χ3v) is 3.56. The molecule has 1 aromatic rings. The summed E-state index contributed by atoms with van der Waals surface area (Å²) in [7, 11) is 3.94. The van der Waals surface area contributed by atoms with Gasteiger partial charge in [-0.15, -0.1) is 0 Å². The number of aryl methyl sites for hydroxylation is 1. The van der Waals surface area contributed by atoms with E-state index in [4.69, 9.17) is 4.74 Å². The Morgan fingerprint density at radius 1 is 1.41 bits per heavy atom. The van der Waals surface area contributed by atoms with E-state index in [-0.39, 0.29) is 0 Å². The molecule has 0 amide bonds. The van der Waals surface area contributed by atoms with Crippen LogP contribution < -0.4 is 5.32 Å². The van der Waals surface area contributed by atoms with Gasteiger partial charge in [0.15, 0.2) is 0 Å². The summed E-state index contributed by atoms with van der Waals surface area (Å²) in [6, 6.07) is 9.21. The summed E-state index contributed by atoms with van der Waals surface area (Å²) >= 11 is 0. The SMILES string of the molecule is COCCN(C)C1CCc2ccccc2NC1. The van der Waals surface area contributed by atoms with Crippen LogP contribution in [0.15, 0.2) is 24.3 Å². The summed E-state index contributed by atoms with van der Waals surface area (Å²) in [5.41, 5.74) is 2.74. The fourth-order valence-electron chi connectivity index (χ4n) is 2.36. The average molecular weight is 234 g/mol. The molecule has 3 heteroatoms. The van der Waals surface area contributed by atoms with Gasteiger partial charge in [0.05, 0.1) is 6.61 Å². The van der Waals surface area contributed by atoms with Crippen molar-refractivity contribution in [1.82, 2.24) is 4.90 Å². The number of benzene rings is 1. The van der Waals surface area contributed by atoms with Gasteiger partial charge in [-0.2, -0.15) is 0 Å². The second-order valence-corrected chi connectivity index (χ2v) is 4.70. The van der Waals surface area contributed by atoms with Crippen LogP contribution in [-0.2, 0) is 11.2 Å². The fraction of sp³-hybridized carbons (Fsp3) is 0.571. The number of anilines is 1. The molecule has 1 aliphatic rings. The highest BCUT2D eigenvalue weighted by atomic mass is 16.5. The van der Waals surface area contributed by atoms with Gasteiger partial charge in [0, 0.05) is 31.9 Å². The highest BCUT2D eigenvalue weighted by Gasteiger charge is 2.18. The van der Waals surface area contributed by atoms with E-state index < -0.39 is 0 Å². The van der Waals surface area contributed by atoms with E-state index in [2.05, 4.69) is 41.5 Å². The summed E-state index contributed by atoms with van der Waals surface area (Å²) in [6.45, 7) is 2.83. The Labute approximate surface area is 104 Å². The maximum Gasteiger partial charge on any atom is 0.0589 e. The number of hydrogen-bond donors (Lipinski definition) is 1. The third kappa shape index (κ3) is 3.20. The third-order valence-electron chi connectivity index (χ3n) is 3.56. The minimum atomic E-state index is 0.595. The van der Waals surface area contributed by atoms with Crippen LogP contribution in [0.25, 0.3) is 0 Å². The van der Waals surface area contributed by atoms with E-state index in [9.17, 15) is 0 Å². The van der Waals surface area contributed by atoms with Crippen LogP contribution >= 0.6 is 0 Å². The second kappa shape index (κ2) is 6.03. The van der Waals surface area contributed by atoms with Crippen LogP contribution in [0.5, 0.6) is 0 Å². The van der Waals surface area contributed by atoms with Gasteiger partial charge < -0.3 is 10.1 Å². The minimum absolute atomic E-state index is 0.595. The quantitative estimate of drug-likeness (QED) is 0.862. The zero-order chi connectivity index (χ0) is 12.1. The van der Waals surface area contributed by atoms with Gasteiger partial charge in [0.1, 0.15) is 0 Å². The van der Waals surface area contributed by atoms with E-state index in [1.807, 2.05) is 0 Å². The molecule has 1 N–H and O–H groups in total. The number of nitrogens with zero attached hydrogens (tertiary/aromatic N) is 1. The second-order valence-electron chi connectivity index (χ2n) is 4.70. The van der Waals surface area contributed by atoms with Gasteiger partial charge in [0.25, 0.3) is 0 Å². The molecular weight excluding hydrogens is 212 g/mol. The van der Waals surface area contributed by atoms with Crippen LogP contribution in [0.2, 0.25) is 0 Å². The molecule has 1 atom stereocenters. The number of hydrogen-bond acceptors (Lipinski definition) is 3. The van der Waals surface area contributed by atoms with Crippen molar-refractivity contribution in [3.8, 4) is 0 Å². The summed E-state index contributed by atoms with van der Waals surface area (Å²) in [6.07, 6.45) is 2.37. The number of likely N-dealkylation sites (N-methyl/N-ethyl adjacent to an activating group) is 1. The molecule has 0 fully saturated rings. The number of ether oxygens (including phenoxy) is 1. The fourth-order valence-corrected chi connectivity index (χ4v) is 2.36. The highest BCUT2D eigenvalue weighted by Crippen LogP contribution is 2.22. The predicted molar refractivity (Wildman–Crippen MR) is 71.5 cm³/mol. The largest absolute Gasteiger partial charge is 0.383 e. The zero-order valence-corrected chi connectivity index (χ0v) is 10.8. The summed E-state index contributed by atoms with van der Waals surface area (Å²) in [5, 5.41) is 3.55. The molecule has 0 spiro atoms. The molecule has 1 unspecified atom stereocenters. The predicted octanol–water partition coefficient (Wildman–Crippen LogP) is 1.99. The Kier molecular flexibility index (Phi) is 4.40. The Bertz CT molecular complexity index is 327. The molecule has 2 rings (SSSR count). The first-order valence-corrected chi connectivity index (χ1v) is 6.32. The smallest absolute Gasteiger partial charge is 0.0589 e. The standard InChI is InChI=1S/C14H22N2O/c1-16(9-10-17-2)13-8-7-12-5-3-4-6-14(12)15-11-13/h3-6,13,15H,7-11H2,1-2H3. The number of methoxy groups -OCH3 is 1. The molecule has 3 nitrogen and oxygen atoms in total. The van der Waals surface area contributed by atoms with Gasteiger partial charge in [-0.1, -0.05) is 18.2 Å². The lowest BCUT2D eigenvalue weighted by molar-refractivity contribution is 0.139. The monoisotopic (exact) mass is 234 g/mol. The first-order valence-electron chi connectivity index (χ1n) is 6.32. The molecule has 94 valence electrons. The molecule has 1 aliphatic heterocycles. The lowest BCUT2D eigenvalue weighted by Crippen LogP contribution is -2.38. The molecule has 0 aromatic heterocycles. The molecule has 1 aromatic carbocycles. The van der Waals surface area contributed by atoms with Gasteiger partial charge in [-0.05, 0) is 31.5 Å². The van der Waals surface area contributed by atoms with Crippen molar-refractivity contribution in [3.05, 3.63) is 29.8 Å². The maximum atomic E-state index is 5.13. The molecule has 17 heavy (non-hydrogen) atoms. The number of nitrogens with one attached hydrogen (secondary N) is 1. The van der Waals surface area contributed by atoms with Crippen LogP contribution in [-0.4, -0.2) is 44.8 Å². The molecule has 0 saturated carbocycles. The van der Waals surface area contributed by atoms with E-state index in [1.165, 1.54) is 17.7 Å². The first kappa shape index (κ1) is 12.4. The van der Waals surface area contributed by atoms with Crippen molar-refractivity contribution in [3.63, 3.8) is 0 Å². The van der Waals surface area contributed by atoms with E-state index in [0.717, 1.165) is 26.1 Å². The summed E-state index contributed by atoms with van der Waals surface area (Å²) in [5.74, 6) is 0. The van der Waals surface area contributed by atoms with E-state index in [1.54, 1.807) is 7.11 Å². The minimum Gasteiger partial charge on any atom is -0.383 e. The number of fused-ring (bicyclic) bond motifs is 1. The normalized spacial score (nSPS) is 19.6. The van der Waals surface area contributed by atoms with Crippen LogP contribution in [0.3, 0.4) is 0 Å². The van der Waals surface area contributed by atoms with Crippen molar-refractivity contribution in [2.24, 2.45) is 0 Å². The number of rotatable bonds is 4. The highest BCUT2D eigenvalue weighted by molar-refractivity contribution is 5.52. The molecule has 1 heterocycles. The van der Waals surface area contributed by atoms with E-state index >= 15 is 0 Å². The van der Waals surface area contributed by atoms with Crippen LogP contribution in [0.1, 0.15) is 12.0 Å². The van der Waals surface area contributed by atoms with Crippen molar-refractivity contribution >= 4 is 5.69 Å². The molecule has 0 bridgehead atoms. The zero-order valence-electron chi connectivity index (χ0n) is 10.8. The van der Waals surface area contributed by atoms with E-state index in [0.29, 0.717) is 6.04 Å². The Morgan fingerprint density at radius 2 is 2.24 bits per heavy atom. The van der Waals surface area contributed by atoms with Gasteiger partial charge >= 0.3 is 0 Å². The lowest BCUT2D eigenvalue weighted by Gasteiger charge is -2.26. The van der Waals surface area contributed by atoms with Crippen molar-refractivity contribution in [2.45, 2.75) is 18.9 Å². The summed E-state index contributed by atoms with van der Waals surface area (Å²) < 4.78 is 5.13. The topological polar surface area (TPSA) is 24.5 Å². The van der Waals surface area contributed by atoms with Gasteiger partial charge in [-0.3, -0.25) is 4.90 Å². The lowest BCUT2D eigenvalue weighted by atomic mass is 10.1.